The minimum atomic E-state index is -3.79. The number of anilines is 2. The van der Waals surface area contributed by atoms with Crippen LogP contribution in [0, 0.1) is 13.8 Å². The Morgan fingerprint density at radius 2 is 1.61 bits per heavy atom. The largest absolute Gasteiger partial charge is 0.497 e. The van der Waals surface area contributed by atoms with E-state index in [1.54, 1.807) is 41.3 Å². The van der Waals surface area contributed by atoms with Gasteiger partial charge >= 0.3 is 0 Å². The molecule has 1 heterocycles. The molecule has 11 heteroatoms. The number of halogens is 1. The van der Waals surface area contributed by atoms with E-state index in [-0.39, 0.29) is 23.2 Å². The summed E-state index contributed by atoms with van der Waals surface area (Å²) in [6, 6.07) is 16.7. The number of sulfonamides is 1. The van der Waals surface area contributed by atoms with Crippen molar-refractivity contribution in [2.45, 2.75) is 18.7 Å². The van der Waals surface area contributed by atoms with Crippen LogP contribution in [0.15, 0.2) is 65.6 Å². The first-order chi connectivity index (χ1) is 17.6. The number of hydrogen-bond donors (Lipinski definition) is 1. The average Bonchev–Trinajstić information content (AvgIpc) is 3.26. The molecule has 1 aromatic heterocycles. The second kappa shape index (κ2) is 12.1. The van der Waals surface area contributed by atoms with Crippen molar-refractivity contribution in [2.75, 3.05) is 43.9 Å². The van der Waals surface area contributed by atoms with Crippen LogP contribution in [0.2, 0.25) is 0 Å². The summed E-state index contributed by atoms with van der Waals surface area (Å²) in [4.78, 5) is 22.1. The maximum absolute atomic E-state index is 13.6. The maximum Gasteiger partial charge on any atom is 0.261 e. The van der Waals surface area contributed by atoms with Gasteiger partial charge in [0.1, 0.15) is 5.75 Å². The van der Waals surface area contributed by atoms with Gasteiger partial charge in [0.2, 0.25) is 0 Å². The lowest BCUT2D eigenvalue weighted by Crippen LogP contribution is -2.36. The van der Waals surface area contributed by atoms with Crippen LogP contribution in [0.1, 0.15) is 21.5 Å². The standard InChI is InChI=1S/C27H30N4O4S2.ClH/c1-18-16-24-25(17-19(18)2)36-27(28-24)31(15-14-30(3)4)26(32)20-6-8-21(9-7-20)29-37(33,34)23-12-10-22(35-5)11-13-23;/h6-13,16-17,29H,14-15H2,1-5H3;1H. The molecule has 0 fully saturated rings. The van der Waals surface area contributed by atoms with Crippen LogP contribution in [-0.2, 0) is 10.0 Å². The van der Waals surface area contributed by atoms with Crippen molar-refractivity contribution in [2.24, 2.45) is 0 Å². The summed E-state index contributed by atoms with van der Waals surface area (Å²) >= 11 is 1.49. The Morgan fingerprint density at radius 1 is 0.974 bits per heavy atom. The number of fused-ring (bicyclic) bond motifs is 1. The summed E-state index contributed by atoms with van der Waals surface area (Å²) in [5, 5.41) is 0.635. The molecule has 3 aromatic carbocycles. The smallest absolute Gasteiger partial charge is 0.261 e. The van der Waals surface area contributed by atoms with Crippen LogP contribution in [0.5, 0.6) is 5.75 Å². The number of thiazole rings is 1. The van der Waals surface area contributed by atoms with Crippen molar-refractivity contribution in [3.63, 3.8) is 0 Å². The number of aromatic nitrogens is 1. The van der Waals surface area contributed by atoms with Gasteiger partial charge in [0.15, 0.2) is 5.13 Å². The Morgan fingerprint density at radius 3 is 2.21 bits per heavy atom. The van der Waals surface area contributed by atoms with Gasteiger partial charge in [-0.3, -0.25) is 14.4 Å². The third-order valence-electron chi connectivity index (χ3n) is 5.99. The van der Waals surface area contributed by atoms with E-state index in [2.05, 4.69) is 17.7 Å². The monoisotopic (exact) mass is 574 g/mol. The fourth-order valence-corrected chi connectivity index (χ4v) is 5.80. The maximum atomic E-state index is 13.6. The first-order valence-corrected chi connectivity index (χ1v) is 14.0. The minimum absolute atomic E-state index is 0. The lowest BCUT2D eigenvalue weighted by Gasteiger charge is -2.22. The minimum Gasteiger partial charge on any atom is -0.497 e. The number of nitrogens with one attached hydrogen (secondary N) is 1. The Bertz CT molecular complexity index is 1480. The van der Waals surface area contributed by atoms with Gasteiger partial charge in [-0.25, -0.2) is 13.4 Å². The number of carbonyl (C=O) groups is 1. The number of ether oxygens (including phenoxy) is 1. The Kier molecular flexibility index (Phi) is 9.37. The van der Waals surface area contributed by atoms with Crippen molar-refractivity contribution < 1.29 is 17.9 Å². The van der Waals surface area contributed by atoms with Crippen LogP contribution in [0.25, 0.3) is 10.2 Å². The van der Waals surface area contributed by atoms with Gasteiger partial charge in [-0.2, -0.15) is 0 Å². The molecule has 0 spiro atoms. The number of hydrogen-bond acceptors (Lipinski definition) is 7. The van der Waals surface area contributed by atoms with Crippen molar-refractivity contribution in [3.8, 4) is 5.75 Å². The molecule has 4 aromatic rings. The molecule has 0 saturated heterocycles. The van der Waals surface area contributed by atoms with E-state index in [1.165, 1.54) is 36.1 Å². The molecule has 1 amide bonds. The number of methoxy groups -OCH3 is 1. The lowest BCUT2D eigenvalue weighted by molar-refractivity contribution is 0.0985. The predicted molar refractivity (Wildman–Crippen MR) is 157 cm³/mol. The van der Waals surface area contributed by atoms with Crippen molar-refractivity contribution in [3.05, 3.63) is 77.4 Å². The molecular weight excluding hydrogens is 544 g/mol. The van der Waals surface area contributed by atoms with Gasteiger partial charge in [0.25, 0.3) is 15.9 Å². The first-order valence-electron chi connectivity index (χ1n) is 11.7. The molecule has 0 bridgehead atoms. The highest BCUT2D eigenvalue weighted by Crippen LogP contribution is 2.32. The van der Waals surface area contributed by atoms with Crippen LogP contribution in [0.3, 0.4) is 0 Å². The van der Waals surface area contributed by atoms with Crippen LogP contribution in [-0.4, -0.2) is 58.5 Å². The quantitative estimate of drug-likeness (QED) is 0.290. The van der Waals surface area contributed by atoms with Gasteiger partial charge in [-0.05, 0) is 99.7 Å². The van der Waals surface area contributed by atoms with Gasteiger partial charge in [0, 0.05) is 24.3 Å². The number of carbonyl (C=O) groups excluding carboxylic acids is 1. The fraction of sp³-hybridized carbons (Fsp3) is 0.259. The molecule has 38 heavy (non-hydrogen) atoms. The highest BCUT2D eigenvalue weighted by Gasteiger charge is 2.22. The van der Waals surface area contributed by atoms with Gasteiger partial charge in [0.05, 0.1) is 22.2 Å². The number of rotatable bonds is 9. The Balaban J connectivity index is 0.00000400. The molecule has 0 aliphatic heterocycles. The summed E-state index contributed by atoms with van der Waals surface area (Å²) in [7, 11) is 1.64. The van der Waals surface area contributed by atoms with E-state index in [0.29, 0.717) is 35.2 Å². The summed E-state index contributed by atoms with van der Waals surface area (Å²) in [6.07, 6.45) is 0. The van der Waals surface area contributed by atoms with E-state index in [1.807, 2.05) is 32.0 Å². The molecule has 4 rings (SSSR count). The number of amides is 1. The van der Waals surface area contributed by atoms with E-state index >= 15 is 0 Å². The van der Waals surface area contributed by atoms with Gasteiger partial charge in [-0.15, -0.1) is 12.4 Å². The zero-order chi connectivity index (χ0) is 26.7. The molecule has 0 aliphatic rings. The fourth-order valence-electron chi connectivity index (χ4n) is 3.67. The molecule has 8 nitrogen and oxygen atoms in total. The SMILES string of the molecule is COc1ccc(S(=O)(=O)Nc2ccc(C(=O)N(CCN(C)C)c3nc4cc(C)c(C)cc4s3)cc2)cc1.Cl. The van der Waals surface area contributed by atoms with E-state index < -0.39 is 10.0 Å². The lowest BCUT2D eigenvalue weighted by atomic mass is 10.1. The summed E-state index contributed by atoms with van der Waals surface area (Å²) < 4.78 is 34.2. The third-order valence-corrected chi connectivity index (χ3v) is 8.43. The van der Waals surface area contributed by atoms with Gasteiger partial charge in [-0.1, -0.05) is 11.3 Å². The van der Waals surface area contributed by atoms with Crippen molar-refractivity contribution in [1.29, 1.82) is 0 Å². The Hall–Kier alpha value is -3.18. The van der Waals surface area contributed by atoms with Crippen molar-refractivity contribution in [1.82, 2.24) is 9.88 Å². The molecule has 0 atom stereocenters. The van der Waals surface area contributed by atoms with Crippen LogP contribution < -0.4 is 14.4 Å². The highest BCUT2D eigenvalue weighted by molar-refractivity contribution is 7.92. The normalized spacial score (nSPS) is 11.3. The number of benzene rings is 3. The second-order valence-corrected chi connectivity index (χ2v) is 11.7. The third kappa shape index (κ3) is 6.63. The first kappa shape index (κ1) is 29.4. The van der Waals surface area contributed by atoms with E-state index in [4.69, 9.17) is 9.72 Å². The average molecular weight is 575 g/mol. The van der Waals surface area contributed by atoms with Crippen LogP contribution in [0.4, 0.5) is 10.8 Å². The van der Waals surface area contributed by atoms with Gasteiger partial charge < -0.3 is 9.64 Å². The molecule has 0 unspecified atom stereocenters. The second-order valence-electron chi connectivity index (χ2n) is 9.02. The van der Waals surface area contributed by atoms with E-state index in [0.717, 1.165) is 15.8 Å². The molecular formula is C27H31ClN4O4S2. The van der Waals surface area contributed by atoms with Crippen molar-refractivity contribution >= 4 is 60.7 Å². The van der Waals surface area contributed by atoms with E-state index in [9.17, 15) is 13.2 Å². The number of likely N-dealkylation sites (N-methyl/N-ethyl adjacent to an activating group) is 1. The Labute approximate surface area is 233 Å². The molecule has 0 saturated carbocycles. The summed E-state index contributed by atoms with van der Waals surface area (Å²) in [6.45, 7) is 5.25. The predicted octanol–water partition coefficient (Wildman–Crippen LogP) is 5.35. The topological polar surface area (TPSA) is 91.8 Å². The van der Waals surface area contributed by atoms with Crippen LogP contribution >= 0.6 is 23.7 Å². The molecule has 1 N–H and O–H groups in total. The number of aryl methyl sites for hydroxylation is 2. The summed E-state index contributed by atoms with van der Waals surface area (Å²) in [5.74, 6) is 0.373. The molecule has 202 valence electrons. The number of nitrogens with zero attached hydrogens (tertiary/aromatic N) is 3. The zero-order valence-electron chi connectivity index (χ0n) is 21.9. The highest BCUT2D eigenvalue weighted by atomic mass is 35.5. The zero-order valence-corrected chi connectivity index (χ0v) is 24.3. The molecule has 0 aliphatic carbocycles. The molecule has 0 radical (unpaired) electrons. The summed E-state index contributed by atoms with van der Waals surface area (Å²) in [5.41, 5.74) is 4.01.